The van der Waals surface area contributed by atoms with Gasteiger partial charge >= 0.3 is 0 Å². The average molecular weight is 394 g/mol. The third kappa shape index (κ3) is 4.35. The molecule has 3 aromatic rings. The molecule has 1 fully saturated rings. The first kappa shape index (κ1) is 19.3. The number of hydrogen-bond donors (Lipinski definition) is 0. The number of amides is 1. The Labute approximate surface area is 168 Å². The van der Waals surface area contributed by atoms with E-state index in [0.29, 0.717) is 43.8 Å². The van der Waals surface area contributed by atoms with Crippen LogP contribution in [-0.2, 0) is 16.1 Å². The summed E-state index contributed by atoms with van der Waals surface area (Å²) in [6, 6.07) is 12.2. The van der Waals surface area contributed by atoms with Gasteiger partial charge in [-0.3, -0.25) is 14.5 Å². The van der Waals surface area contributed by atoms with Crippen LogP contribution in [0.2, 0.25) is 0 Å². The first-order valence-corrected chi connectivity index (χ1v) is 9.70. The fourth-order valence-electron chi connectivity index (χ4n) is 3.50. The van der Waals surface area contributed by atoms with Gasteiger partial charge in [0.25, 0.3) is 0 Å². The lowest BCUT2D eigenvalue weighted by Gasteiger charge is -2.32. The average Bonchev–Trinajstić information content (AvgIpc) is 3.17. The van der Waals surface area contributed by atoms with Gasteiger partial charge in [-0.15, -0.1) is 0 Å². The summed E-state index contributed by atoms with van der Waals surface area (Å²) in [4.78, 5) is 18.9. The van der Waals surface area contributed by atoms with Gasteiger partial charge in [0.15, 0.2) is 0 Å². The van der Waals surface area contributed by atoms with Crippen molar-refractivity contribution in [2.75, 3.05) is 19.7 Å². The van der Waals surface area contributed by atoms with E-state index in [9.17, 15) is 9.18 Å². The highest BCUT2D eigenvalue weighted by molar-refractivity contribution is 5.76. The molecule has 1 saturated heterocycles. The number of halogens is 1. The predicted octanol–water partition coefficient (Wildman–Crippen LogP) is 3.38. The Morgan fingerprint density at radius 1 is 1.24 bits per heavy atom. The highest BCUT2D eigenvalue weighted by Gasteiger charge is 2.26. The first-order chi connectivity index (χ1) is 14.1. The molecule has 150 valence electrons. The Balaban J connectivity index is 1.39. The molecule has 1 aliphatic heterocycles. The second-order valence-electron chi connectivity index (χ2n) is 7.10. The zero-order valence-corrected chi connectivity index (χ0v) is 16.3. The van der Waals surface area contributed by atoms with Gasteiger partial charge in [0.1, 0.15) is 11.9 Å². The number of carbonyl (C=O) groups excluding carboxylic acids is 1. The van der Waals surface area contributed by atoms with Crippen molar-refractivity contribution in [3.8, 4) is 11.1 Å². The quantitative estimate of drug-likeness (QED) is 0.666. The maximum atomic E-state index is 14.0. The van der Waals surface area contributed by atoms with Gasteiger partial charge in [0, 0.05) is 48.7 Å². The lowest BCUT2D eigenvalue weighted by molar-refractivity contribution is -0.139. The van der Waals surface area contributed by atoms with Crippen LogP contribution >= 0.6 is 0 Å². The second-order valence-corrected chi connectivity index (χ2v) is 7.10. The van der Waals surface area contributed by atoms with E-state index in [0.717, 1.165) is 11.4 Å². The predicted molar refractivity (Wildman–Crippen MR) is 106 cm³/mol. The number of morpholine rings is 1. The van der Waals surface area contributed by atoms with E-state index in [-0.39, 0.29) is 17.8 Å². The third-order valence-electron chi connectivity index (χ3n) is 5.19. The van der Waals surface area contributed by atoms with E-state index >= 15 is 0 Å². The molecule has 7 heteroatoms. The number of hydrogen-bond acceptors (Lipinski definition) is 4. The summed E-state index contributed by atoms with van der Waals surface area (Å²) >= 11 is 0. The standard InChI is InChI=1S/C22H23FN4O2/c1-16-8-10-25-27(16)11-9-22(28)26-12-13-29-21(15-26)20-7-6-17(14-24-20)18-4-2-3-5-19(18)23/h2-8,10,14,21H,9,11-13,15H2,1H3. The Hall–Kier alpha value is -3.06. The number of ether oxygens (including phenoxy) is 1. The number of benzene rings is 1. The fraction of sp³-hybridized carbons (Fsp3) is 0.318. The molecule has 0 saturated carbocycles. The summed E-state index contributed by atoms with van der Waals surface area (Å²) in [6.45, 7) is 4.03. The van der Waals surface area contributed by atoms with Gasteiger partial charge in [0.2, 0.25) is 5.91 Å². The molecule has 1 aliphatic rings. The molecule has 1 amide bonds. The summed E-state index contributed by atoms with van der Waals surface area (Å²) in [5.74, 6) is -0.198. The normalized spacial score (nSPS) is 16.8. The highest BCUT2D eigenvalue weighted by atomic mass is 19.1. The maximum Gasteiger partial charge on any atom is 0.224 e. The van der Waals surface area contributed by atoms with Crippen LogP contribution in [0.15, 0.2) is 54.9 Å². The van der Waals surface area contributed by atoms with Crippen molar-refractivity contribution in [1.82, 2.24) is 19.7 Å². The molecule has 1 atom stereocenters. The maximum absolute atomic E-state index is 14.0. The van der Waals surface area contributed by atoms with E-state index in [1.165, 1.54) is 6.07 Å². The van der Waals surface area contributed by atoms with Gasteiger partial charge < -0.3 is 9.64 Å². The van der Waals surface area contributed by atoms with Crippen LogP contribution in [0, 0.1) is 12.7 Å². The summed E-state index contributed by atoms with van der Waals surface area (Å²) in [7, 11) is 0. The van der Waals surface area contributed by atoms with Crippen molar-refractivity contribution < 1.29 is 13.9 Å². The molecule has 0 spiro atoms. The Morgan fingerprint density at radius 3 is 2.83 bits per heavy atom. The van der Waals surface area contributed by atoms with E-state index in [1.54, 1.807) is 30.6 Å². The van der Waals surface area contributed by atoms with Crippen molar-refractivity contribution >= 4 is 5.91 Å². The van der Waals surface area contributed by atoms with Crippen LogP contribution < -0.4 is 0 Å². The Morgan fingerprint density at radius 2 is 2.10 bits per heavy atom. The molecule has 2 aromatic heterocycles. The SMILES string of the molecule is Cc1ccnn1CCC(=O)N1CCOC(c2ccc(-c3ccccc3F)cn2)C1. The van der Waals surface area contributed by atoms with Gasteiger partial charge in [-0.1, -0.05) is 24.3 Å². The van der Waals surface area contributed by atoms with Gasteiger partial charge in [-0.05, 0) is 25.1 Å². The summed E-state index contributed by atoms with van der Waals surface area (Å²) in [6.07, 6.45) is 3.50. The largest absolute Gasteiger partial charge is 0.368 e. The minimum Gasteiger partial charge on any atom is -0.368 e. The minimum absolute atomic E-state index is 0.0798. The number of aryl methyl sites for hydroxylation is 2. The molecule has 0 bridgehead atoms. The topological polar surface area (TPSA) is 60.2 Å². The molecule has 4 rings (SSSR count). The van der Waals surface area contributed by atoms with Crippen molar-refractivity contribution in [2.45, 2.75) is 26.0 Å². The molecule has 3 heterocycles. The number of nitrogens with zero attached hydrogens (tertiary/aromatic N) is 4. The summed E-state index contributed by atoms with van der Waals surface area (Å²) in [5.41, 5.74) is 3.01. The zero-order chi connectivity index (χ0) is 20.2. The van der Waals surface area contributed by atoms with Crippen LogP contribution in [0.4, 0.5) is 4.39 Å². The van der Waals surface area contributed by atoms with Crippen molar-refractivity contribution in [1.29, 1.82) is 0 Å². The van der Waals surface area contributed by atoms with Crippen LogP contribution in [0.3, 0.4) is 0 Å². The fourth-order valence-corrected chi connectivity index (χ4v) is 3.50. The molecule has 0 radical (unpaired) electrons. The van der Waals surface area contributed by atoms with E-state index in [4.69, 9.17) is 4.74 Å². The van der Waals surface area contributed by atoms with Gasteiger partial charge in [-0.2, -0.15) is 5.10 Å². The Bertz CT molecular complexity index is 986. The highest BCUT2D eigenvalue weighted by Crippen LogP contribution is 2.25. The van der Waals surface area contributed by atoms with Crippen molar-refractivity contribution in [3.05, 3.63) is 72.1 Å². The Kier molecular flexibility index (Phi) is 5.67. The zero-order valence-electron chi connectivity index (χ0n) is 16.3. The third-order valence-corrected chi connectivity index (χ3v) is 5.19. The first-order valence-electron chi connectivity index (χ1n) is 9.70. The molecule has 6 nitrogen and oxygen atoms in total. The summed E-state index contributed by atoms with van der Waals surface area (Å²) < 4.78 is 21.6. The van der Waals surface area contributed by atoms with Crippen LogP contribution in [0.25, 0.3) is 11.1 Å². The van der Waals surface area contributed by atoms with Crippen LogP contribution in [0.5, 0.6) is 0 Å². The molecule has 1 unspecified atom stereocenters. The molecule has 1 aromatic carbocycles. The molecular formula is C22H23FN4O2. The minimum atomic E-state index is -0.284. The van der Waals surface area contributed by atoms with E-state index in [1.807, 2.05) is 34.7 Å². The molecule has 0 aliphatic carbocycles. The number of pyridine rings is 1. The lowest BCUT2D eigenvalue weighted by Crippen LogP contribution is -2.42. The molecule has 0 N–H and O–H groups in total. The summed E-state index contributed by atoms with van der Waals surface area (Å²) in [5, 5.41) is 4.22. The number of carbonyl (C=O) groups is 1. The smallest absolute Gasteiger partial charge is 0.224 e. The van der Waals surface area contributed by atoms with E-state index in [2.05, 4.69) is 10.1 Å². The van der Waals surface area contributed by atoms with Crippen LogP contribution in [-0.4, -0.2) is 45.3 Å². The van der Waals surface area contributed by atoms with Gasteiger partial charge in [0.05, 0.1) is 18.8 Å². The number of rotatable bonds is 5. The van der Waals surface area contributed by atoms with Crippen LogP contribution in [0.1, 0.15) is 23.9 Å². The van der Waals surface area contributed by atoms with E-state index < -0.39 is 0 Å². The molecular weight excluding hydrogens is 371 g/mol. The van der Waals surface area contributed by atoms with Crippen molar-refractivity contribution in [3.63, 3.8) is 0 Å². The molecule has 29 heavy (non-hydrogen) atoms. The van der Waals surface area contributed by atoms with Gasteiger partial charge in [-0.25, -0.2) is 4.39 Å². The lowest BCUT2D eigenvalue weighted by atomic mass is 10.1. The van der Waals surface area contributed by atoms with Crippen molar-refractivity contribution in [2.24, 2.45) is 0 Å². The number of aromatic nitrogens is 3. The second kappa shape index (κ2) is 8.53. The monoisotopic (exact) mass is 394 g/mol.